The minimum Gasteiger partial charge on any atom is -0.364 e. The molecule has 0 saturated carbocycles. The summed E-state index contributed by atoms with van der Waals surface area (Å²) in [5.74, 6) is -4.47. The zero-order valence-electron chi connectivity index (χ0n) is 8.17. The summed E-state index contributed by atoms with van der Waals surface area (Å²) in [4.78, 5) is 10.9. The van der Waals surface area contributed by atoms with E-state index in [-0.39, 0.29) is 0 Å². The average molecular weight is 242 g/mol. The van der Waals surface area contributed by atoms with E-state index in [4.69, 9.17) is 5.73 Å². The number of nitrogens with one attached hydrogen (secondary N) is 1. The Balaban J connectivity index is 2.69. The van der Waals surface area contributed by atoms with Gasteiger partial charge in [0.1, 0.15) is 23.1 Å². The van der Waals surface area contributed by atoms with E-state index in [0.717, 1.165) is 0 Å². The topological polar surface area (TPSA) is 84.7 Å². The van der Waals surface area contributed by atoms with Crippen molar-refractivity contribution in [2.24, 2.45) is 5.73 Å². The molecular formula is C9H5F3N4O. The van der Waals surface area contributed by atoms with Crippen LogP contribution in [0.1, 0.15) is 10.5 Å². The number of rotatable bonds is 2. The number of carbonyl (C=O) groups is 1. The number of nitrogens with zero attached hydrogens (tertiary/aromatic N) is 2. The number of hydrogen-bond donors (Lipinski definition) is 2. The predicted molar refractivity (Wildman–Crippen MR) is 50.2 cm³/mol. The zero-order chi connectivity index (χ0) is 12.6. The number of amides is 1. The molecule has 1 amide bonds. The zero-order valence-corrected chi connectivity index (χ0v) is 8.17. The highest BCUT2D eigenvalue weighted by Crippen LogP contribution is 2.26. The van der Waals surface area contributed by atoms with Gasteiger partial charge >= 0.3 is 0 Å². The molecule has 5 nitrogen and oxygen atoms in total. The molecule has 0 aliphatic heterocycles. The van der Waals surface area contributed by atoms with Gasteiger partial charge in [0.05, 0.1) is 5.56 Å². The van der Waals surface area contributed by atoms with Crippen LogP contribution in [-0.4, -0.2) is 21.3 Å². The summed E-state index contributed by atoms with van der Waals surface area (Å²) in [6, 6.07) is 0.940. The Kier molecular flexibility index (Phi) is 2.54. The molecule has 88 valence electrons. The third-order valence-electron chi connectivity index (χ3n) is 2.02. The summed E-state index contributed by atoms with van der Waals surface area (Å²) in [5, 5.41) is 8.80. The van der Waals surface area contributed by atoms with Gasteiger partial charge in [-0.3, -0.25) is 4.79 Å². The van der Waals surface area contributed by atoms with Gasteiger partial charge in [-0.2, -0.15) is 15.4 Å². The SMILES string of the molecule is NC(=O)c1n[nH]nc1-c1c(F)cc(F)cc1F. The lowest BCUT2D eigenvalue weighted by Gasteiger charge is -2.02. The van der Waals surface area contributed by atoms with Crippen LogP contribution in [-0.2, 0) is 0 Å². The van der Waals surface area contributed by atoms with Gasteiger partial charge in [0.2, 0.25) is 0 Å². The first-order valence-electron chi connectivity index (χ1n) is 4.36. The van der Waals surface area contributed by atoms with Crippen LogP contribution in [0, 0.1) is 17.5 Å². The Morgan fingerprint density at radius 2 is 1.76 bits per heavy atom. The molecule has 8 heteroatoms. The highest BCUT2D eigenvalue weighted by molar-refractivity contribution is 5.96. The molecule has 1 aromatic carbocycles. The first-order chi connectivity index (χ1) is 8.00. The Morgan fingerprint density at radius 3 is 2.29 bits per heavy atom. The maximum Gasteiger partial charge on any atom is 0.271 e. The average Bonchev–Trinajstić information content (AvgIpc) is 2.64. The minimum atomic E-state index is -1.20. The van der Waals surface area contributed by atoms with Gasteiger partial charge in [0, 0.05) is 12.1 Å². The lowest BCUT2D eigenvalue weighted by atomic mass is 10.1. The fourth-order valence-corrected chi connectivity index (χ4v) is 1.35. The van der Waals surface area contributed by atoms with Crippen LogP contribution >= 0.6 is 0 Å². The second-order valence-electron chi connectivity index (χ2n) is 3.13. The van der Waals surface area contributed by atoms with Crippen LogP contribution in [0.4, 0.5) is 13.2 Å². The van der Waals surface area contributed by atoms with Crippen molar-refractivity contribution in [2.75, 3.05) is 0 Å². The van der Waals surface area contributed by atoms with Crippen LogP contribution in [0.5, 0.6) is 0 Å². The van der Waals surface area contributed by atoms with Crippen molar-refractivity contribution in [1.82, 2.24) is 15.4 Å². The van der Waals surface area contributed by atoms with Gasteiger partial charge in [-0.1, -0.05) is 0 Å². The maximum absolute atomic E-state index is 13.4. The number of benzene rings is 1. The lowest BCUT2D eigenvalue weighted by molar-refractivity contribution is 0.0996. The smallest absolute Gasteiger partial charge is 0.271 e. The fourth-order valence-electron chi connectivity index (χ4n) is 1.35. The summed E-state index contributed by atoms with van der Waals surface area (Å²) in [6.45, 7) is 0. The standard InChI is InChI=1S/C9H5F3N4O/c10-3-1-4(11)6(5(12)2-3)7-8(9(13)17)15-16-14-7/h1-2H,(H2,13,17)(H,14,15,16). The van der Waals surface area contributed by atoms with E-state index in [9.17, 15) is 18.0 Å². The highest BCUT2D eigenvalue weighted by Gasteiger charge is 2.22. The maximum atomic E-state index is 13.4. The third-order valence-corrected chi connectivity index (χ3v) is 2.02. The second kappa shape index (κ2) is 3.89. The van der Waals surface area contributed by atoms with E-state index in [1.54, 1.807) is 0 Å². The van der Waals surface area contributed by atoms with Crippen molar-refractivity contribution in [3.63, 3.8) is 0 Å². The minimum absolute atomic E-state index is 0.396. The third kappa shape index (κ3) is 1.84. The lowest BCUT2D eigenvalue weighted by Crippen LogP contribution is -2.13. The molecule has 0 bridgehead atoms. The van der Waals surface area contributed by atoms with Crippen molar-refractivity contribution in [2.45, 2.75) is 0 Å². The molecule has 2 rings (SSSR count). The summed E-state index contributed by atoms with van der Waals surface area (Å²) >= 11 is 0. The van der Waals surface area contributed by atoms with E-state index in [0.29, 0.717) is 12.1 Å². The molecule has 0 atom stereocenters. The molecule has 1 heterocycles. The largest absolute Gasteiger partial charge is 0.364 e. The summed E-state index contributed by atoms with van der Waals surface area (Å²) in [5.41, 5.74) is 3.47. The van der Waals surface area contributed by atoms with E-state index in [2.05, 4.69) is 10.2 Å². The van der Waals surface area contributed by atoms with Crippen molar-refractivity contribution >= 4 is 5.91 Å². The molecule has 0 aliphatic carbocycles. The quantitative estimate of drug-likeness (QED) is 0.823. The number of halogens is 3. The number of aromatic nitrogens is 3. The van der Waals surface area contributed by atoms with E-state index < -0.39 is 40.3 Å². The van der Waals surface area contributed by atoms with Crippen LogP contribution in [0.25, 0.3) is 11.3 Å². The second-order valence-corrected chi connectivity index (χ2v) is 3.13. The van der Waals surface area contributed by atoms with Crippen molar-refractivity contribution in [1.29, 1.82) is 0 Å². The molecule has 0 fully saturated rings. The Bertz CT molecular complexity index is 573. The molecular weight excluding hydrogens is 237 g/mol. The molecule has 0 radical (unpaired) electrons. The van der Waals surface area contributed by atoms with Crippen molar-refractivity contribution < 1.29 is 18.0 Å². The summed E-state index contributed by atoms with van der Waals surface area (Å²) < 4.78 is 39.5. The van der Waals surface area contributed by atoms with Gasteiger partial charge in [0.25, 0.3) is 5.91 Å². The number of nitrogens with two attached hydrogens (primary N) is 1. The van der Waals surface area contributed by atoms with Crippen LogP contribution < -0.4 is 5.73 Å². The molecule has 2 aromatic rings. The summed E-state index contributed by atoms with van der Waals surface area (Å²) in [7, 11) is 0. The summed E-state index contributed by atoms with van der Waals surface area (Å²) in [6.07, 6.45) is 0. The number of H-pyrrole nitrogens is 1. The van der Waals surface area contributed by atoms with E-state index in [1.807, 2.05) is 5.21 Å². The van der Waals surface area contributed by atoms with Gasteiger partial charge in [-0.15, -0.1) is 0 Å². The normalized spacial score (nSPS) is 10.5. The monoisotopic (exact) mass is 242 g/mol. The number of hydrogen-bond acceptors (Lipinski definition) is 3. The highest BCUT2D eigenvalue weighted by atomic mass is 19.1. The Hall–Kier alpha value is -2.38. The predicted octanol–water partition coefficient (Wildman–Crippen LogP) is 0.988. The van der Waals surface area contributed by atoms with Gasteiger partial charge in [-0.05, 0) is 0 Å². The molecule has 0 spiro atoms. The molecule has 1 aromatic heterocycles. The first-order valence-corrected chi connectivity index (χ1v) is 4.36. The molecule has 0 aliphatic rings. The first kappa shape index (κ1) is 11.1. The van der Waals surface area contributed by atoms with E-state index >= 15 is 0 Å². The molecule has 17 heavy (non-hydrogen) atoms. The number of primary amides is 1. The Labute approximate surface area is 92.4 Å². The number of carbonyl (C=O) groups excluding carboxylic acids is 1. The van der Waals surface area contributed by atoms with Gasteiger partial charge in [-0.25, -0.2) is 13.2 Å². The van der Waals surface area contributed by atoms with Crippen molar-refractivity contribution in [3.8, 4) is 11.3 Å². The number of aromatic amines is 1. The van der Waals surface area contributed by atoms with Crippen molar-refractivity contribution in [3.05, 3.63) is 35.3 Å². The van der Waals surface area contributed by atoms with Gasteiger partial charge < -0.3 is 5.73 Å². The molecule has 3 N–H and O–H groups in total. The van der Waals surface area contributed by atoms with Crippen LogP contribution in [0.3, 0.4) is 0 Å². The molecule has 0 unspecified atom stereocenters. The van der Waals surface area contributed by atoms with E-state index in [1.165, 1.54) is 0 Å². The van der Waals surface area contributed by atoms with Crippen LogP contribution in [0.2, 0.25) is 0 Å². The molecule has 0 saturated heterocycles. The fraction of sp³-hybridized carbons (Fsp3) is 0. The van der Waals surface area contributed by atoms with Gasteiger partial charge in [0.15, 0.2) is 5.69 Å². The Morgan fingerprint density at radius 1 is 1.18 bits per heavy atom. The van der Waals surface area contributed by atoms with Crippen LogP contribution in [0.15, 0.2) is 12.1 Å².